The Bertz CT molecular complexity index is 824. The number of ether oxygens (including phenoxy) is 1. The molecule has 23 heavy (non-hydrogen) atoms. The van der Waals surface area contributed by atoms with Crippen molar-refractivity contribution in [2.24, 2.45) is 0 Å². The van der Waals surface area contributed by atoms with Gasteiger partial charge in [0.1, 0.15) is 0 Å². The minimum atomic E-state index is -3.79. The zero-order valence-electron chi connectivity index (χ0n) is 12.8. The molecule has 0 saturated heterocycles. The molecule has 0 aliphatic rings. The molecule has 0 fully saturated rings. The Balaban J connectivity index is 2.52. The van der Waals surface area contributed by atoms with Crippen molar-refractivity contribution in [3.05, 3.63) is 41.2 Å². The maximum Gasteiger partial charge on any atom is 0.358 e. The van der Waals surface area contributed by atoms with Gasteiger partial charge in [-0.15, -0.1) is 0 Å². The number of methoxy groups -OCH3 is 1. The van der Waals surface area contributed by atoms with Crippen molar-refractivity contribution in [3.63, 3.8) is 0 Å². The van der Waals surface area contributed by atoms with E-state index in [1.165, 1.54) is 36.1 Å². The Morgan fingerprint density at radius 2 is 1.87 bits per heavy atom. The highest BCUT2D eigenvalue weighted by molar-refractivity contribution is 7.86. The second-order valence-corrected chi connectivity index (χ2v) is 6.31. The molecule has 0 saturated carbocycles. The maximum absolute atomic E-state index is 11.7. The van der Waals surface area contributed by atoms with E-state index in [1.807, 2.05) is 0 Å². The molecule has 1 N–H and O–H groups in total. The molecule has 0 radical (unpaired) electrons. The molecular weight excluding hydrogens is 324 g/mol. The van der Waals surface area contributed by atoms with E-state index >= 15 is 0 Å². The number of aliphatic hydroxyl groups is 1. The third-order valence-corrected chi connectivity index (χ3v) is 4.65. The molecule has 1 aromatic heterocycles. The smallest absolute Gasteiger partial charge is 0.358 e. The quantitative estimate of drug-likeness (QED) is 0.633. The predicted molar refractivity (Wildman–Crippen MR) is 79.8 cm³/mol. The summed E-state index contributed by atoms with van der Waals surface area (Å²) in [6.07, 6.45) is 0. The number of aromatic nitrogens is 2. The lowest BCUT2D eigenvalue weighted by molar-refractivity contribution is 0.0592. The predicted octanol–water partition coefficient (Wildman–Crippen LogP) is 0.795. The van der Waals surface area contributed by atoms with Crippen LogP contribution in [0.25, 0.3) is 5.69 Å². The van der Waals surface area contributed by atoms with Crippen LogP contribution in [-0.2, 0) is 25.6 Å². The molecule has 2 aromatic rings. The summed E-state index contributed by atoms with van der Waals surface area (Å²) in [6.45, 7) is 1.30. The number of carbonyl (C=O) groups excluding carboxylic acids is 1. The first-order valence-corrected chi connectivity index (χ1v) is 7.95. The van der Waals surface area contributed by atoms with E-state index in [0.717, 1.165) is 7.11 Å². The van der Waals surface area contributed by atoms with Crippen molar-refractivity contribution >= 4 is 16.1 Å². The molecule has 0 aliphatic carbocycles. The molecule has 0 unspecified atom stereocenters. The van der Waals surface area contributed by atoms with Crippen LogP contribution in [0.3, 0.4) is 0 Å². The van der Waals surface area contributed by atoms with Crippen LogP contribution in [0.5, 0.6) is 0 Å². The molecular formula is C14H16N2O6S. The molecule has 0 amide bonds. The Morgan fingerprint density at radius 1 is 1.26 bits per heavy atom. The highest BCUT2D eigenvalue weighted by Crippen LogP contribution is 2.21. The van der Waals surface area contributed by atoms with Gasteiger partial charge in [0, 0.05) is 5.56 Å². The summed E-state index contributed by atoms with van der Waals surface area (Å²) in [6, 6.07) is 5.70. The zero-order chi connectivity index (χ0) is 17.2. The molecule has 0 atom stereocenters. The third kappa shape index (κ3) is 3.11. The fraction of sp³-hybridized carbons (Fsp3) is 0.286. The van der Waals surface area contributed by atoms with Crippen molar-refractivity contribution in [1.29, 1.82) is 0 Å². The van der Waals surface area contributed by atoms with Crippen molar-refractivity contribution in [3.8, 4) is 5.69 Å². The van der Waals surface area contributed by atoms with Crippen molar-refractivity contribution < 1.29 is 27.2 Å². The van der Waals surface area contributed by atoms with Gasteiger partial charge in [-0.1, -0.05) is 0 Å². The summed E-state index contributed by atoms with van der Waals surface area (Å²) in [5.41, 5.74) is 1.48. The lowest BCUT2D eigenvalue weighted by Gasteiger charge is -2.07. The Labute approximate surface area is 133 Å². The highest BCUT2D eigenvalue weighted by Gasteiger charge is 2.21. The van der Waals surface area contributed by atoms with Gasteiger partial charge in [0.2, 0.25) is 0 Å². The van der Waals surface area contributed by atoms with Crippen LogP contribution in [0.4, 0.5) is 0 Å². The summed E-state index contributed by atoms with van der Waals surface area (Å²) in [5, 5.41) is 13.7. The van der Waals surface area contributed by atoms with E-state index in [2.05, 4.69) is 14.0 Å². The van der Waals surface area contributed by atoms with Gasteiger partial charge in [-0.2, -0.15) is 13.5 Å². The SMILES string of the molecule is COC(=O)c1nn(-c2ccc(S(=O)(=O)OC)cc2)c(CO)c1C. The van der Waals surface area contributed by atoms with E-state index in [-0.39, 0.29) is 17.2 Å². The maximum atomic E-state index is 11.7. The lowest BCUT2D eigenvalue weighted by Crippen LogP contribution is -2.06. The number of esters is 1. The largest absolute Gasteiger partial charge is 0.464 e. The molecule has 2 rings (SSSR count). The first kappa shape index (κ1) is 17.1. The van der Waals surface area contributed by atoms with Gasteiger partial charge in [-0.25, -0.2) is 9.48 Å². The van der Waals surface area contributed by atoms with Crippen molar-refractivity contribution in [1.82, 2.24) is 9.78 Å². The third-order valence-electron chi connectivity index (χ3n) is 3.36. The molecule has 1 heterocycles. The molecule has 9 heteroatoms. The summed E-state index contributed by atoms with van der Waals surface area (Å²) < 4.78 is 33.7. The fourth-order valence-electron chi connectivity index (χ4n) is 2.07. The summed E-state index contributed by atoms with van der Waals surface area (Å²) in [4.78, 5) is 11.7. The summed E-state index contributed by atoms with van der Waals surface area (Å²) >= 11 is 0. The van der Waals surface area contributed by atoms with Crippen LogP contribution >= 0.6 is 0 Å². The van der Waals surface area contributed by atoms with E-state index in [9.17, 15) is 18.3 Å². The highest BCUT2D eigenvalue weighted by atomic mass is 32.2. The molecule has 0 spiro atoms. The standard InChI is InChI=1S/C14H16N2O6S/c1-9-12(8-17)16(15-13(9)14(18)21-2)10-4-6-11(7-5-10)23(19,20)22-3/h4-7,17H,8H2,1-3H3. The van der Waals surface area contributed by atoms with Crippen LogP contribution in [-0.4, -0.2) is 43.5 Å². The lowest BCUT2D eigenvalue weighted by atomic mass is 10.2. The van der Waals surface area contributed by atoms with Gasteiger partial charge in [-0.3, -0.25) is 4.18 Å². The van der Waals surface area contributed by atoms with Gasteiger partial charge in [-0.05, 0) is 31.2 Å². The molecule has 124 valence electrons. The normalized spacial score (nSPS) is 11.5. The first-order valence-electron chi connectivity index (χ1n) is 6.54. The number of aliphatic hydroxyl groups excluding tert-OH is 1. The molecule has 1 aromatic carbocycles. The van der Waals surface area contributed by atoms with Gasteiger partial charge in [0.25, 0.3) is 10.1 Å². The Morgan fingerprint density at radius 3 is 2.35 bits per heavy atom. The number of hydrogen-bond donors (Lipinski definition) is 1. The zero-order valence-corrected chi connectivity index (χ0v) is 13.6. The van der Waals surface area contributed by atoms with Gasteiger partial charge >= 0.3 is 5.97 Å². The summed E-state index contributed by atoms with van der Waals surface area (Å²) in [5.74, 6) is -0.616. The molecule has 0 bridgehead atoms. The number of nitrogens with zero attached hydrogens (tertiary/aromatic N) is 2. The van der Waals surface area contributed by atoms with E-state index in [0.29, 0.717) is 16.9 Å². The number of hydrogen-bond acceptors (Lipinski definition) is 7. The molecule has 8 nitrogen and oxygen atoms in total. The van der Waals surface area contributed by atoms with Crippen LogP contribution in [0.15, 0.2) is 29.2 Å². The monoisotopic (exact) mass is 340 g/mol. The number of benzene rings is 1. The Kier molecular flexibility index (Phi) is 4.83. The van der Waals surface area contributed by atoms with Crippen LogP contribution in [0.2, 0.25) is 0 Å². The van der Waals surface area contributed by atoms with Gasteiger partial charge in [0.05, 0.1) is 37.1 Å². The number of rotatable bonds is 5. The van der Waals surface area contributed by atoms with E-state index in [1.54, 1.807) is 6.92 Å². The van der Waals surface area contributed by atoms with E-state index < -0.39 is 16.1 Å². The van der Waals surface area contributed by atoms with Gasteiger partial charge in [0.15, 0.2) is 5.69 Å². The van der Waals surface area contributed by atoms with Crippen LogP contribution < -0.4 is 0 Å². The second kappa shape index (κ2) is 6.49. The van der Waals surface area contributed by atoms with Crippen LogP contribution in [0, 0.1) is 6.92 Å². The fourth-order valence-corrected chi connectivity index (χ4v) is 2.73. The van der Waals surface area contributed by atoms with Crippen molar-refractivity contribution in [2.75, 3.05) is 14.2 Å². The summed E-state index contributed by atoms with van der Waals surface area (Å²) in [7, 11) is -1.47. The average molecular weight is 340 g/mol. The first-order chi connectivity index (χ1) is 10.9. The second-order valence-electron chi connectivity index (χ2n) is 4.60. The minimum absolute atomic E-state index is 0.00799. The van der Waals surface area contributed by atoms with Crippen molar-refractivity contribution in [2.45, 2.75) is 18.4 Å². The molecule has 0 aliphatic heterocycles. The minimum Gasteiger partial charge on any atom is -0.464 e. The topological polar surface area (TPSA) is 108 Å². The van der Waals surface area contributed by atoms with Gasteiger partial charge < -0.3 is 9.84 Å². The van der Waals surface area contributed by atoms with Crippen LogP contribution in [0.1, 0.15) is 21.7 Å². The Hall–Kier alpha value is -2.23. The average Bonchev–Trinajstić information content (AvgIpc) is 2.90. The van der Waals surface area contributed by atoms with E-state index in [4.69, 9.17) is 0 Å². The number of carbonyl (C=O) groups is 1.